The van der Waals surface area contributed by atoms with Crippen molar-refractivity contribution in [3.63, 3.8) is 0 Å². The molecule has 3 heterocycles. The lowest BCUT2D eigenvalue weighted by Gasteiger charge is -2.29. The molecule has 5 nitrogen and oxygen atoms in total. The van der Waals surface area contributed by atoms with E-state index in [2.05, 4.69) is 33.8 Å². The average molecular weight is 419 g/mol. The van der Waals surface area contributed by atoms with E-state index in [0.29, 0.717) is 18.0 Å². The quantitative estimate of drug-likeness (QED) is 0.468. The summed E-state index contributed by atoms with van der Waals surface area (Å²) in [6.07, 6.45) is 1.08. The number of amides is 1. The first kappa shape index (κ1) is 18.9. The number of rotatable bonds is 5. The molecule has 0 aliphatic carbocycles. The molecule has 2 aromatic heterocycles. The largest absolute Gasteiger partial charge is 0.451 e. The molecule has 4 aromatic rings. The van der Waals surface area contributed by atoms with Crippen molar-refractivity contribution in [2.24, 2.45) is 0 Å². The molecule has 1 amide bonds. The fourth-order valence-corrected chi connectivity index (χ4v) is 4.87. The highest BCUT2D eigenvalue weighted by atomic mass is 32.1. The molecule has 30 heavy (non-hydrogen) atoms. The number of benzene rings is 2. The molecular formula is C24H22N2O3S. The maximum atomic E-state index is 12.9. The van der Waals surface area contributed by atoms with Gasteiger partial charge in [-0.15, -0.1) is 11.3 Å². The number of nitrogens with zero attached hydrogens (tertiary/aromatic N) is 1. The number of para-hydroxylation sites is 1. The number of thiophene rings is 1. The molecule has 0 saturated carbocycles. The number of furan rings is 1. The van der Waals surface area contributed by atoms with Crippen molar-refractivity contribution >= 4 is 39.6 Å². The molecule has 5 rings (SSSR count). The first-order valence-electron chi connectivity index (χ1n) is 9.94. The molecule has 1 N–H and O–H groups in total. The number of fused-ring (bicyclic) bond motifs is 2. The van der Waals surface area contributed by atoms with Gasteiger partial charge in [-0.05, 0) is 53.8 Å². The Bertz CT molecular complexity index is 1190. The van der Waals surface area contributed by atoms with Gasteiger partial charge in [0.1, 0.15) is 5.58 Å². The van der Waals surface area contributed by atoms with Crippen LogP contribution in [-0.4, -0.2) is 19.6 Å². The van der Waals surface area contributed by atoms with Gasteiger partial charge in [-0.2, -0.15) is 0 Å². The molecule has 152 valence electrons. The van der Waals surface area contributed by atoms with Gasteiger partial charge < -0.3 is 19.4 Å². The minimum atomic E-state index is -0.271. The van der Waals surface area contributed by atoms with Crippen molar-refractivity contribution in [2.75, 3.05) is 23.9 Å². The Kier molecular flexibility index (Phi) is 5.02. The van der Waals surface area contributed by atoms with Gasteiger partial charge in [0.25, 0.3) is 5.91 Å². The van der Waals surface area contributed by atoms with Gasteiger partial charge in [-0.25, -0.2) is 0 Å². The van der Waals surface area contributed by atoms with Crippen molar-refractivity contribution in [3.8, 4) is 0 Å². The first-order valence-corrected chi connectivity index (χ1v) is 10.8. The molecule has 2 aromatic carbocycles. The van der Waals surface area contributed by atoms with Crippen LogP contribution in [0.3, 0.4) is 0 Å². The van der Waals surface area contributed by atoms with Gasteiger partial charge in [0.2, 0.25) is 0 Å². The lowest BCUT2D eigenvalue weighted by atomic mass is 10.1. The standard InChI is InChI=1S/C24H22N2O3S/c1-28-15-20-19-4-2-3-5-21(19)29-23(20)24(27)25-17-6-8-18(9-7-17)26-12-10-22-16(14-26)11-13-30-22/h2-9,11,13H,10,12,14-15H2,1H3,(H,25,27). The van der Waals surface area contributed by atoms with Gasteiger partial charge in [0.05, 0.1) is 6.61 Å². The Labute approximate surface area is 178 Å². The third kappa shape index (κ3) is 3.49. The van der Waals surface area contributed by atoms with Crippen molar-refractivity contribution in [1.29, 1.82) is 0 Å². The third-order valence-corrected chi connectivity index (χ3v) is 6.51. The summed E-state index contributed by atoms with van der Waals surface area (Å²) in [5, 5.41) is 6.02. The summed E-state index contributed by atoms with van der Waals surface area (Å²) in [6, 6.07) is 17.8. The molecule has 0 atom stereocenters. The molecule has 0 radical (unpaired) electrons. The number of ether oxygens (including phenoxy) is 1. The molecule has 0 bridgehead atoms. The normalized spacial score (nSPS) is 13.4. The molecule has 0 unspecified atom stereocenters. The van der Waals surface area contributed by atoms with Crippen LogP contribution in [-0.2, 0) is 24.3 Å². The van der Waals surface area contributed by atoms with Gasteiger partial charge in [-0.1, -0.05) is 18.2 Å². The van der Waals surface area contributed by atoms with Gasteiger partial charge in [0, 0.05) is 47.4 Å². The Hall–Kier alpha value is -3.09. The van der Waals surface area contributed by atoms with Gasteiger partial charge in [-0.3, -0.25) is 4.79 Å². The fourth-order valence-electron chi connectivity index (χ4n) is 3.98. The Morgan fingerprint density at radius 3 is 2.83 bits per heavy atom. The zero-order chi connectivity index (χ0) is 20.5. The summed E-state index contributed by atoms with van der Waals surface area (Å²) in [7, 11) is 1.61. The molecule has 0 spiro atoms. The fraction of sp³-hybridized carbons (Fsp3) is 0.208. The summed E-state index contributed by atoms with van der Waals surface area (Å²) in [5.74, 6) is 0.0232. The Balaban J connectivity index is 1.33. The van der Waals surface area contributed by atoms with Crippen LogP contribution < -0.4 is 10.2 Å². The van der Waals surface area contributed by atoms with Crippen molar-refractivity contribution < 1.29 is 13.9 Å². The summed E-state index contributed by atoms with van der Waals surface area (Å²) in [5.41, 5.74) is 4.76. The average Bonchev–Trinajstić information content (AvgIpc) is 3.39. The van der Waals surface area contributed by atoms with Gasteiger partial charge in [0.15, 0.2) is 5.76 Å². The number of carbonyl (C=O) groups is 1. The van der Waals surface area contributed by atoms with Crippen LogP contribution >= 0.6 is 11.3 Å². The molecule has 6 heteroatoms. The zero-order valence-electron chi connectivity index (χ0n) is 16.7. The van der Waals surface area contributed by atoms with Crippen LogP contribution in [0, 0.1) is 0 Å². The van der Waals surface area contributed by atoms with E-state index in [1.807, 2.05) is 47.7 Å². The smallest absolute Gasteiger partial charge is 0.291 e. The molecular weight excluding hydrogens is 396 g/mol. The Morgan fingerprint density at radius 1 is 1.17 bits per heavy atom. The summed E-state index contributed by atoms with van der Waals surface area (Å²) >= 11 is 1.84. The van der Waals surface area contributed by atoms with Crippen molar-refractivity contribution in [1.82, 2.24) is 0 Å². The second-order valence-electron chi connectivity index (χ2n) is 7.38. The van der Waals surface area contributed by atoms with Crippen LogP contribution in [0.1, 0.15) is 26.6 Å². The van der Waals surface area contributed by atoms with Crippen LogP contribution in [0.4, 0.5) is 11.4 Å². The van der Waals surface area contributed by atoms with E-state index >= 15 is 0 Å². The number of nitrogens with one attached hydrogen (secondary N) is 1. The molecule has 1 aliphatic heterocycles. The molecule has 0 saturated heterocycles. The highest BCUT2D eigenvalue weighted by molar-refractivity contribution is 7.10. The number of carbonyl (C=O) groups excluding carboxylic acids is 1. The number of hydrogen-bond donors (Lipinski definition) is 1. The maximum Gasteiger partial charge on any atom is 0.291 e. The predicted octanol–water partition coefficient (Wildman–Crippen LogP) is 5.46. The van der Waals surface area contributed by atoms with E-state index in [9.17, 15) is 4.79 Å². The molecule has 0 fully saturated rings. The number of hydrogen-bond acceptors (Lipinski definition) is 5. The maximum absolute atomic E-state index is 12.9. The molecule has 1 aliphatic rings. The van der Waals surface area contributed by atoms with Crippen molar-refractivity contribution in [3.05, 3.63) is 81.7 Å². The highest BCUT2D eigenvalue weighted by Crippen LogP contribution is 2.30. The van der Waals surface area contributed by atoms with Crippen LogP contribution in [0.15, 0.2) is 64.4 Å². The summed E-state index contributed by atoms with van der Waals surface area (Å²) < 4.78 is 11.1. The van der Waals surface area contributed by atoms with E-state index in [0.717, 1.165) is 41.8 Å². The van der Waals surface area contributed by atoms with Crippen LogP contribution in [0.5, 0.6) is 0 Å². The number of anilines is 2. The second kappa shape index (κ2) is 7.97. The van der Waals surface area contributed by atoms with Crippen molar-refractivity contribution in [2.45, 2.75) is 19.6 Å². The monoisotopic (exact) mass is 418 g/mol. The predicted molar refractivity (Wildman–Crippen MR) is 120 cm³/mol. The minimum Gasteiger partial charge on any atom is -0.451 e. The van der Waals surface area contributed by atoms with E-state index in [1.165, 1.54) is 10.4 Å². The highest BCUT2D eigenvalue weighted by Gasteiger charge is 2.21. The van der Waals surface area contributed by atoms with Crippen LogP contribution in [0.25, 0.3) is 11.0 Å². The van der Waals surface area contributed by atoms with E-state index < -0.39 is 0 Å². The summed E-state index contributed by atoms with van der Waals surface area (Å²) in [4.78, 5) is 16.8. The minimum absolute atomic E-state index is 0.271. The third-order valence-electron chi connectivity index (χ3n) is 5.49. The number of methoxy groups -OCH3 is 1. The zero-order valence-corrected chi connectivity index (χ0v) is 17.5. The lowest BCUT2D eigenvalue weighted by Crippen LogP contribution is -2.29. The lowest BCUT2D eigenvalue weighted by molar-refractivity contribution is 0.0992. The Morgan fingerprint density at radius 2 is 2.00 bits per heavy atom. The topological polar surface area (TPSA) is 54.7 Å². The van der Waals surface area contributed by atoms with Crippen LogP contribution in [0.2, 0.25) is 0 Å². The second-order valence-corrected chi connectivity index (χ2v) is 8.38. The summed E-state index contributed by atoms with van der Waals surface area (Å²) in [6.45, 7) is 2.26. The van der Waals surface area contributed by atoms with E-state index in [1.54, 1.807) is 7.11 Å². The van der Waals surface area contributed by atoms with E-state index in [4.69, 9.17) is 9.15 Å². The van der Waals surface area contributed by atoms with E-state index in [-0.39, 0.29) is 5.91 Å². The first-order chi connectivity index (χ1) is 14.7. The van der Waals surface area contributed by atoms with Gasteiger partial charge >= 0.3 is 0 Å². The SMILES string of the molecule is COCc1c(C(=O)Nc2ccc(N3CCc4sccc4C3)cc2)oc2ccccc12.